The van der Waals surface area contributed by atoms with Crippen molar-refractivity contribution < 1.29 is 4.74 Å². The van der Waals surface area contributed by atoms with Crippen LogP contribution in [0, 0.1) is 0 Å². The molecule has 5 heteroatoms. The number of pyridine rings is 1. The van der Waals surface area contributed by atoms with Crippen LogP contribution in [0.4, 0.5) is 0 Å². The fourth-order valence-electron chi connectivity index (χ4n) is 1.56. The number of ether oxygens (including phenoxy) is 1. The number of halogens is 2. The summed E-state index contributed by atoms with van der Waals surface area (Å²) in [5, 5.41) is 4.29. The van der Waals surface area contributed by atoms with Gasteiger partial charge in [-0.3, -0.25) is 0 Å². The number of benzene rings is 1. The predicted octanol–water partition coefficient (Wildman–Crippen LogP) is 4.68. The fourth-order valence-corrected chi connectivity index (χ4v) is 1.85. The quantitative estimate of drug-likeness (QED) is 0.870. The monoisotopic (exact) mass is 310 g/mol. The van der Waals surface area contributed by atoms with Crippen LogP contribution in [0.5, 0.6) is 11.6 Å². The molecular weight excluding hydrogens is 295 g/mol. The SMILES string of the molecule is CC(C)NCc1ccc(Oc2ccc(Cl)c(Cl)c2)nc1. The van der Waals surface area contributed by atoms with Crippen LogP contribution in [0.3, 0.4) is 0 Å². The Morgan fingerprint density at radius 3 is 2.55 bits per heavy atom. The molecule has 2 rings (SSSR count). The van der Waals surface area contributed by atoms with Crippen LogP contribution >= 0.6 is 23.2 Å². The van der Waals surface area contributed by atoms with Gasteiger partial charge in [0.15, 0.2) is 0 Å². The number of aromatic nitrogens is 1. The van der Waals surface area contributed by atoms with E-state index in [1.165, 1.54) is 0 Å². The first-order chi connectivity index (χ1) is 9.54. The van der Waals surface area contributed by atoms with Crippen LogP contribution in [0.2, 0.25) is 10.0 Å². The highest BCUT2D eigenvalue weighted by Gasteiger charge is 2.03. The van der Waals surface area contributed by atoms with Gasteiger partial charge in [0.25, 0.3) is 0 Å². The first-order valence-electron chi connectivity index (χ1n) is 6.36. The van der Waals surface area contributed by atoms with Crippen LogP contribution in [0.25, 0.3) is 0 Å². The summed E-state index contributed by atoms with van der Waals surface area (Å²) in [6, 6.07) is 9.38. The van der Waals surface area contributed by atoms with Crippen LogP contribution in [0.1, 0.15) is 19.4 Å². The van der Waals surface area contributed by atoms with E-state index >= 15 is 0 Å². The Bertz CT molecular complexity index is 571. The lowest BCUT2D eigenvalue weighted by molar-refractivity contribution is 0.462. The van der Waals surface area contributed by atoms with Crippen molar-refractivity contribution in [2.75, 3.05) is 0 Å². The van der Waals surface area contributed by atoms with Crippen molar-refractivity contribution in [3.63, 3.8) is 0 Å². The number of hydrogen-bond acceptors (Lipinski definition) is 3. The van der Waals surface area contributed by atoms with E-state index in [1.807, 2.05) is 12.1 Å². The molecule has 0 amide bonds. The van der Waals surface area contributed by atoms with E-state index in [4.69, 9.17) is 27.9 Å². The molecule has 2 aromatic rings. The molecule has 0 bridgehead atoms. The van der Waals surface area contributed by atoms with Crippen LogP contribution in [0.15, 0.2) is 36.5 Å². The molecule has 1 N–H and O–H groups in total. The van der Waals surface area contributed by atoms with Gasteiger partial charge in [-0.05, 0) is 17.7 Å². The summed E-state index contributed by atoms with van der Waals surface area (Å²) in [6.45, 7) is 5.00. The maximum Gasteiger partial charge on any atom is 0.219 e. The molecule has 0 aliphatic heterocycles. The van der Waals surface area contributed by atoms with E-state index in [0.29, 0.717) is 27.7 Å². The van der Waals surface area contributed by atoms with Gasteiger partial charge in [-0.1, -0.05) is 43.1 Å². The van der Waals surface area contributed by atoms with Crippen LogP contribution in [-0.4, -0.2) is 11.0 Å². The first kappa shape index (κ1) is 15.1. The Morgan fingerprint density at radius 2 is 1.95 bits per heavy atom. The molecule has 20 heavy (non-hydrogen) atoms. The van der Waals surface area contributed by atoms with Crippen molar-refractivity contribution in [2.45, 2.75) is 26.4 Å². The van der Waals surface area contributed by atoms with Gasteiger partial charge >= 0.3 is 0 Å². The second kappa shape index (κ2) is 6.93. The molecule has 1 heterocycles. The molecular formula is C15H16Cl2N2O. The molecule has 0 saturated heterocycles. The second-order valence-electron chi connectivity index (χ2n) is 4.72. The molecule has 0 aliphatic carbocycles. The van der Waals surface area contributed by atoms with Crippen LogP contribution in [-0.2, 0) is 6.54 Å². The van der Waals surface area contributed by atoms with Gasteiger partial charge in [-0.15, -0.1) is 0 Å². The Kier molecular flexibility index (Phi) is 5.24. The van der Waals surface area contributed by atoms with Crippen molar-refractivity contribution in [1.29, 1.82) is 0 Å². The van der Waals surface area contributed by atoms with E-state index in [-0.39, 0.29) is 0 Å². The van der Waals surface area contributed by atoms with Crippen molar-refractivity contribution in [3.05, 3.63) is 52.1 Å². The topological polar surface area (TPSA) is 34.1 Å². The highest BCUT2D eigenvalue weighted by Crippen LogP contribution is 2.28. The van der Waals surface area contributed by atoms with Crippen molar-refractivity contribution in [1.82, 2.24) is 10.3 Å². The Morgan fingerprint density at radius 1 is 1.15 bits per heavy atom. The van der Waals surface area contributed by atoms with E-state index in [2.05, 4.69) is 24.1 Å². The number of nitrogens with zero attached hydrogens (tertiary/aromatic N) is 1. The maximum atomic E-state index is 5.94. The van der Waals surface area contributed by atoms with Gasteiger partial charge in [-0.2, -0.15) is 0 Å². The minimum absolute atomic E-state index is 0.446. The zero-order chi connectivity index (χ0) is 14.5. The Labute approximate surface area is 128 Å². The number of rotatable bonds is 5. The lowest BCUT2D eigenvalue weighted by Crippen LogP contribution is -2.21. The van der Waals surface area contributed by atoms with Gasteiger partial charge in [-0.25, -0.2) is 4.98 Å². The molecule has 0 radical (unpaired) electrons. The van der Waals surface area contributed by atoms with E-state index < -0.39 is 0 Å². The minimum Gasteiger partial charge on any atom is -0.439 e. The lowest BCUT2D eigenvalue weighted by atomic mass is 10.2. The van der Waals surface area contributed by atoms with E-state index in [9.17, 15) is 0 Å². The third kappa shape index (κ3) is 4.37. The molecule has 0 fully saturated rings. The summed E-state index contributed by atoms with van der Waals surface area (Å²) in [7, 11) is 0. The van der Waals surface area contributed by atoms with Gasteiger partial charge < -0.3 is 10.1 Å². The van der Waals surface area contributed by atoms with Crippen molar-refractivity contribution in [3.8, 4) is 11.6 Å². The summed E-state index contributed by atoms with van der Waals surface area (Å²) in [6.07, 6.45) is 1.79. The molecule has 3 nitrogen and oxygen atoms in total. The van der Waals surface area contributed by atoms with Gasteiger partial charge in [0.05, 0.1) is 10.0 Å². The number of nitrogens with one attached hydrogen (secondary N) is 1. The van der Waals surface area contributed by atoms with E-state index in [0.717, 1.165) is 12.1 Å². The van der Waals surface area contributed by atoms with E-state index in [1.54, 1.807) is 24.4 Å². The van der Waals surface area contributed by atoms with Crippen molar-refractivity contribution >= 4 is 23.2 Å². The molecule has 0 aliphatic rings. The number of hydrogen-bond donors (Lipinski definition) is 1. The molecule has 0 unspecified atom stereocenters. The molecule has 1 aromatic heterocycles. The molecule has 1 aromatic carbocycles. The first-order valence-corrected chi connectivity index (χ1v) is 7.11. The minimum atomic E-state index is 0.446. The van der Waals surface area contributed by atoms with Gasteiger partial charge in [0.2, 0.25) is 5.88 Å². The summed E-state index contributed by atoms with van der Waals surface area (Å²) in [4.78, 5) is 4.27. The van der Waals surface area contributed by atoms with Crippen LogP contribution < -0.4 is 10.1 Å². The Hall–Kier alpha value is -1.29. The molecule has 0 saturated carbocycles. The molecule has 0 spiro atoms. The molecule has 0 atom stereocenters. The average molecular weight is 311 g/mol. The Balaban J connectivity index is 2.01. The third-order valence-corrected chi connectivity index (χ3v) is 3.36. The third-order valence-electron chi connectivity index (χ3n) is 2.63. The fraction of sp³-hybridized carbons (Fsp3) is 0.267. The van der Waals surface area contributed by atoms with Gasteiger partial charge in [0, 0.05) is 30.9 Å². The smallest absolute Gasteiger partial charge is 0.219 e. The predicted molar refractivity (Wildman–Crippen MR) is 82.7 cm³/mol. The highest BCUT2D eigenvalue weighted by atomic mass is 35.5. The second-order valence-corrected chi connectivity index (χ2v) is 5.53. The molecule has 106 valence electrons. The summed E-state index contributed by atoms with van der Waals surface area (Å²) >= 11 is 11.8. The summed E-state index contributed by atoms with van der Waals surface area (Å²) < 4.78 is 5.62. The maximum absolute atomic E-state index is 5.94. The standard InChI is InChI=1S/C15H16Cl2N2O/c1-10(2)18-8-11-3-6-15(19-9-11)20-12-4-5-13(16)14(17)7-12/h3-7,9-10,18H,8H2,1-2H3. The van der Waals surface area contributed by atoms with Crippen molar-refractivity contribution in [2.24, 2.45) is 0 Å². The zero-order valence-electron chi connectivity index (χ0n) is 11.4. The average Bonchev–Trinajstić information content (AvgIpc) is 2.42. The zero-order valence-corrected chi connectivity index (χ0v) is 12.9. The summed E-state index contributed by atoms with van der Waals surface area (Å²) in [5.74, 6) is 1.14. The highest BCUT2D eigenvalue weighted by molar-refractivity contribution is 6.42. The normalized spacial score (nSPS) is 10.8. The lowest BCUT2D eigenvalue weighted by Gasteiger charge is -2.09. The largest absolute Gasteiger partial charge is 0.439 e. The van der Waals surface area contributed by atoms with Gasteiger partial charge in [0.1, 0.15) is 5.75 Å². The summed E-state index contributed by atoms with van der Waals surface area (Å²) in [5.41, 5.74) is 1.11.